The van der Waals surface area contributed by atoms with Crippen LogP contribution in [0, 0.1) is 0 Å². The Kier molecular flexibility index (Phi) is 4.66. The minimum absolute atomic E-state index is 0.120. The SMILES string of the molecule is CCN(C(=O)N1CCCCCC1)c1ccc(N)cc1. The summed E-state index contributed by atoms with van der Waals surface area (Å²) in [5.74, 6) is 0. The number of hydrogen-bond acceptors (Lipinski definition) is 2. The van der Waals surface area contributed by atoms with Crippen LogP contribution in [0.1, 0.15) is 32.6 Å². The molecule has 0 saturated carbocycles. The molecule has 0 atom stereocenters. The third-order valence-corrected chi connectivity index (χ3v) is 3.63. The topological polar surface area (TPSA) is 49.6 Å². The Morgan fingerprint density at radius 2 is 1.74 bits per heavy atom. The minimum Gasteiger partial charge on any atom is -0.399 e. The van der Waals surface area contributed by atoms with E-state index in [0.717, 1.165) is 37.3 Å². The molecule has 1 aliphatic rings. The van der Waals surface area contributed by atoms with Crippen molar-refractivity contribution in [3.63, 3.8) is 0 Å². The first-order chi connectivity index (χ1) is 9.22. The Balaban J connectivity index is 2.11. The smallest absolute Gasteiger partial charge is 0.324 e. The summed E-state index contributed by atoms with van der Waals surface area (Å²) in [6.45, 7) is 4.44. The summed E-state index contributed by atoms with van der Waals surface area (Å²) in [7, 11) is 0. The van der Waals surface area contributed by atoms with Gasteiger partial charge >= 0.3 is 6.03 Å². The van der Waals surface area contributed by atoms with Gasteiger partial charge in [-0.1, -0.05) is 12.8 Å². The van der Waals surface area contributed by atoms with Gasteiger partial charge in [-0.2, -0.15) is 0 Å². The van der Waals surface area contributed by atoms with Crippen molar-refractivity contribution < 1.29 is 4.79 Å². The molecule has 1 heterocycles. The molecule has 1 aliphatic heterocycles. The van der Waals surface area contributed by atoms with Crippen LogP contribution in [0.4, 0.5) is 16.2 Å². The normalized spacial score (nSPS) is 15.9. The van der Waals surface area contributed by atoms with Crippen LogP contribution >= 0.6 is 0 Å². The molecule has 1 aromatic rings. The van der Waals surface area contributed by atoms with E-state index in [2.05, 4.69) is 0 Å². The summed E-state index contributed by atoms with van der Waals surface area (Å²) in [6.07, 6.45) is 4.70. The van der Waals surface area contributed by atoms with Crippen LogP contribution in [-0.2, 0) is 0 Å². The highest BCUT2D eigenvalue weighted by Crippen LogP contribution is 2.19. The maximum Gasteiger partial charge on any atom is 0.324 e. The second-order valence-electron chi connectivity index (χ2n) is 5.02. The van der Waals surface area contributed by atoms with Crippen LogP contribution in [0.25, 0.3) is 0 Å². The van der Waals surface area contributed by atoms with Crippen molar-refractivity contribution in [3.8, 4) is 0 Å². The first-order valence-electron chi connectivity index (χ1n) is 7.14. The lowest BCUT2D eigenvalue weighted by atomic mass is 10.2. The standard InChI is InChI=1S/C15H23N3O/c1-2-18(14-9-7-13(16)8-10-14)15(19)17-11-5-3-4-6-12-17/h7-10H,2-6,11-12,16H2,1H3. The van der Waals surface area contributed by atoms with Crippen molar-refractivity contribution in [2.24, 2.45) is 0 Å². The molecule has 2 rings (SSSR count). The summed E-state index contributed by atoms with van der Waals surface area (Å²) in [5, 5.41) is 0. The number of hydrogen-bond donors (Lipinski definition) is 1. The van der Waals surface area contributed by atoms with E-state index < -0.39 is 0 Å². The molecule has 2 amide bonds. The van der Waals surface area contributed by atoms with Gasteiger partial charge in [0.2, 0.25) is 0 Å². The first kappa shape index (κ1) is 13.7. The van der Waals surface area contributed by atoms with Gasteiger partial charge in [0.15, 0.2) is 0 Å². The molecule has 19 heavy (non-hydrogen) atoms. The third-order valence-electron chi connectivity index (χ3n) is 3.63. The zero-order valence-corrected chi connectivity index (χ0v) is 11.6. The molecule has 4 nitrogen and oxygen atoms in total. The highest BCUT2D eigenvalue weighted by molar-refractivity contribution is 5.92. The molecule has 1 fully saturated rings. The van der Waals surface area contributed by atoms with Gasteiger partial charge in [0.1, 0.15) is 0 Å². The number of likely N-dealkylation sites (tertiary alicyclic amines) is 1. The average molecular weight is 261 g/mol. The number of amides is 2. The van der Waals surface area contributed by atoms with E-state index in [1.807, 2.05) is 41.0 Å². The van der Waals surface area contributed by atoms with Gasteiger partial charge in [-0.05, 0) is 44.0 Å². The van der Waals surface area contributed by atoms with Crippen LogP contribution < -0.4 is 10.6 Å². The summed E-state index contributed by atoms with van der Waals surface area (Å²) in [5.41, 5.74) is 7.34. The lowest BCUT2D eigenvalue weighted by Gasteiger charge is -2.29. The Hall–Kier alpha value is -1.71. The molecule has 1 saturated heterocycles. The number of nitrogens with two attached hydrogens (primary N) is 1. The predicted molar refractivity (Wildman–Crippen MR) is 79.3 cm³/mol. The van der Waals surface area contributed by atoms with Crippen LogP contribution in [0.3, 0.4) is 0 Å². The van der Waals surface area contributed by atoms with Gasteiger partial charge in [-0.25, -0.2) is 4.79 Å². The number of carbonyl (C=O) groups is 1. The second-order valence-corrected chi connectivity index (χ2v) is 5.02. The molecule has 104 valence electrons. The Bertz CT molecular complexity index is 408. The molecular weight excluding hydrogens is 238 g/mol. The monoisotopic (exact) mass is 261 g/mol. The fraction of sp³-hybridized carbons (Fsp3) is 0.533. The first-order valence-corrected chi connectivity index (χ1v) is 7.14. The molecule has 0 unspecified atom stereocenters. The second kappa shape index (κ2) is 6.45. The molecule has 1 aromatic carbocycles. The van der Waals surface area contributed by atoms with Crippen LogP contribution in [-0.4, -0.2) is 30.6 Å². The summed E-state index contributed by atoms with van der Waals surface area (Å²) in [4.78, 5) is 16.4. The minimum atomic E-state index is 0.120. The summed E-state index contributed by atoms with van der Waals surface area (Å²) in [6, 6.07) is 7.62. The van der Waals surface area contributed by atoms with Crippen molar-refractivity contribution >= 4 is 17.4 Å². The quantitative estimate of drug-likeness (QED) is 0.832. The molecule has 0 bridgehead atoms. The Morgan fingerprint density at radius 1 is 1.16 bits per heavy atom. The highest BCUT2D eigenvalue weighted by atomic mass is 16.2. The van der Waals surface area contributed by atoms with E-state index in [4.69, 9.17) is 5.73 Å². The van der Waals surface area contributed by atoms with Gasteiger partial charge in [0.05, 0.1) is 0 Å². The molecule has 0 radical (unpaired) electrons. The van der Waals surface area contributed by atoms with E-state index in [1.54, 1.807) is 0 Å². The number of urea groups is 1. The lowest BCUT2D eigenvalue weighted by molar-refractivity contribution is 0.207. The maximum absolute atomic E-state index is 12.6. The fourth-order valence-electron chi connectivity index (χ4n) is 2.52. The van der Waals surface area contributed by atoms with Crippen LogP contribution in [0.2, 0.25) is 0 Å². The van der Waals surface area contributed by atoms with E-state index in [0.29, 0.717) is 6.54 Å². The van der Waals surface area contributed by atoms with Gasteiger partial charge in [0, 0.05) is 31.0 Å². The van der Waals surface area contributed by atoms with Crippen LogP contribution in [0.15, 0.2) is 24.3 Å². The summed E-state index contributed by atoms with van der Waals surface area (Å²) >= 11 is 0. The van der Waals surface area contributed by atoms with Crippen LogP contribution in [0.5, 0.6) is 0 Å². The number of anilines is 2. The van der Waals surface area contributed by atoms with Crippen molar-refractivity contribution in [1.82, 2.24) is 4.90 Å². The van der Waals surface area contributed by atoms with E-state index in [1.165, 1.54) is 12.8 Å². The van der Waals surface area contributed by atoms with Crippen molar-refractivity contribution in [3.05, 3.63) is 24.3 Å². The van der Waals surface area contributed by atoms with Crippen molar-refractivity contribution in [1.29, 1.82) is 0 Å². The maximum atomic E-state index is 12.6. The van der Waals surface area contributed by atoms with Gasteiger partial charge in [-0.15, -0.1) is 0 Å². The molecule has 4 heteroatoms. The van der Waals surface area contributed by atoms with Crippen molar-refractivity contribution in [2.45, 2.75) is 32.6 Å². The zero-order valence-electron chi connectivity index (χ0n) is 11.6. The fourth-order valence-corrected chi connectivity index (χ4v) is 2.52. The average Bonchev–Trinajstić information content (AvgIpc) is 2.70. The molecule has 0 spiro atoms. The molecule has 2 N–H and O–H groups in total. The van der Waals surface area contributed by atoms with E-state index >= 15 is 0 Å². The number of benzene rings is 1. The number of carbonyl (C=O) groups excluding carboxylic acids is 1. The molecule has 0 aromatic heterocycles. The summed E-state index contributed by atoms with van der Waals surface area (Å²) < 4.78 is 0. The number of rotatable bonds is 2. The Morgan fingerprint density at radius 3 is 2.26 bits per heavy atom. The zero-order chi connectivity index (χ0) is 13.7. The lowest BCUT2D eigenvalue weighted by Crippen LogP contribution is -2.43. The highest BCUT2D eigenvalue weighted by Gasteiger charge is 2.21. The Labute approximate surface area is 115 Å². The van der Waals surface area contributed by atoms with E-state index in [-0.39, 0.29) is 6.03 Å². The third kappa shape index (κ3) is 3.40. The largest absolute Gasteiger partial charge is 0.399 e. The van der Waals surface area contributed by atoms with E-state index in [9.17, 15) is 4.79 Å². The number of nitrogen functional groups attached to an aromatic ring is 1. The van der Waals surface area contributed by atoms with Gasteiger partial charge in [0.25, 0.3) is 0 Å². The predicted octanol–water partition coefficient (Wildman–Crippen LogP) is 3.09. The molecular formula is C15H23N3O. The number of nitrogens with zero attached hydrogens (tertiary/aromatic N) is 2. The van der Waals surface area contributed by atoms with Gasteiger partial charge < -0.3 is 10.6 Å². The van der Waals surface area contributed by atoms with Gasteiger partial charge in [-0.3, -0.25) is 4.90 Å². The molecule has 0 aliphatic carbocycles. The van der Waals surface area contributed by atoms with Crippen molar-refractivity contribution in [2.75, 3.05) is 30.3 Å².